The molecule has 26 heavy (non-hydrogen) atoms. The van der Waals surface area contributed by atoms with Crippen molar-refractivity contribution in [2.24, 2.45) is 5.92 Å². The van der Waals surface area contributed by atoms with Crippen molar-refractivity contribution >= 4 is 16.6 Å². The van der Waals surface area contributed by atoms with Crippen LogP contribution in [-0.4, -0.2) is 29.8 Å². The van der Waals surface area contributed by atoms with Crippen LogP contribution in [0.3, 0.4) is 0 Å². The molecule has 0 amide bonds. The first-order valence-electron chi connectivity index (χ1n) is 9.85. The number of hydrogen-bond donors (Lipinski definition) is 0. The molecule has 0 N–H and O–H groups in total. The summed E-state index contributed by atoms with van der Waals surface area (Å²) in [6.45, 7) is 4.13. The van der Waals surface area contributed by atoms with Crippen molar-refractivity contribution in [2.75, 3.05) is 13.1 Å². The van der Waals surface area contributed by atoms with E-state index in [2.05, 4.69) is 23.1 Å². The number of ketones is 1. The average molecular weight is 346 g/mol. The van der Waals surface area contributed by atoms with Crippen LogP contribution in [-0.2, 0) is 6.42 Å². The van der Waals surface area contributed by atoms with Crippen molar-refractivity contribution in [2.45, 2.75) is 51.5 Å². The van der Waals surface area contributed by atoms with Crippen molar-refractivity contribution in [3.05, 3.63) is 47.0 Å². The molecule has 1 aliphatic carbocycles. The Morgan fingerprint density at radius 3 is 2.77 bits per heavy atom. The van der Waals surface area contributed by atoms with Gasteiger partial charge < -0.3 is 0 Å². The van der Waals surface area contributed by atoms with Crippen LogP contribution in [0.5, 0.6) is 0 Å². The summed E-state index contributed by atoms with van der Waals surface area (Å²) < 4.78 is 0. The number of aryl methyl sites for hydroxylation is 1. The minimum absolute atomic E-state index is 0.130. The minimum atomic E-state index is 0.130. The fourth-order valence-corrected chi connectivity index (χ4v) is 4.51. The molecule has 1 saturated carbocycles. The Morgan fingerprint density at radius 2 is 2.04 bits per heavy atom. The molecule has 134 valence electrons. The van der Waals surface area contributed by atoms with Gasteiger partial charge in [0, 0.05) is 24.1 Å². The lowest BCUT2D eigenvalue weighted by molar-refractivity contribution is 0.0612. The molecule has 1 saturated heterocycles. The number of benzene rings is 2. The molecule has 1 aliphatic heterocycles. The summed E-state index contributed by atoms with van der Waals surface area (Å²) >= 11 is 0. The molecule has 4 rings (SSSR count). The first-order valence-corrected chi connectivity index (χ1v) is 9.85. The van der Waals surface area contributed by atoms with Crippen LogP contribution < -0.4 is 0 Å². The molecule has 2 aromatic rings. The monoisotopic (exact) mass is 346 g/mol. The van der Waals surface area contributed by atoms with Crippen LogP contribution in [0.4, 0.5) is 0 Å². The molecule has 1 atom stereocenters. The Labute approximate surface area is 155 Å². The fraction of sp³-hybridized carbons (Fsp3) is 0.478. The van der Waals surface area contributed by atoms with E-state index in [0.29, 0.717) is 12.2 Å². The molecule has 3 heteroatoms. The van der Waals surface area contributed by atoms with E-state index in [9.17, 15) is 4.79 Å². The highest BCUT2D eigenvalue weighted by atomic mass is 16.1. The number of Topliss-reactive ketones (excluding diaryl/α,β-unsaturated/α-hetero) is 1. The number of nitrogens with zero attached hydrogens (tertiary/aromatic N) is 2. The third-order valence-electron chi connectivity index (χ3n) is 6.32. The maximum absolute atomic E-state index is 13.1. The van der Waals surface area contributed by atoms with Crippen molar-refractivity contribution in [3.8, 4) is 6.07 Å². The van der Waals surface area contributed by atoms with Gasteiger partial charge in [-0.05, 0) is 67.1 Å². The second kappa shape index (κ2) is 7.21. The standard InChI is InChI=1S/C23H26N2O/c1-16-7-8-17-14-18(9-10-22(17)21(16)11-12-24)23(26)19-4-3-13-25(15-19)20-5-2-6-20/h7-10,14,19-20H,2-6,11,13,15H2,1H3. The molecule has 1 heterocycles. The van der Waals surface area contributed by atoms with Gasteiger partial charge in [0.25, 0.3) is 0 Å². The molecule has 1 unspecified atom stereocenters. The predicted octanol–water partition coefficient (Wildman–Crippen LogP) is 4.66. The van der Waals surface area contributed by atoms with Crippen molar-refractivity contribution in [1.29, 1.82) is 5.26 Å². The van der Waals surface area contributed by atoms with E-state index < -0.39 is 0 Å². The van der Waals surface area contributed by atoms with E-state index in [1.807, 2.05) is 25.1 Å². The van der Waals surface area contributed by atoms with E-state index in [4.69, 9.17) is 5.26 Å². The highest BCUT2D eigenvalue weighted by Gasteiger charge is 2.32. The van der Waals surface area contributed by atoms with Gasteiger partial charge >= 0.3 is 0 Å². The number of carbonyl (C=O) groups is 1. The average Bonchev–Trinajstić information content (AvgIpc) is 2.62. The van der Waals surface area contributed by atoms with Crippen LogP contribution in [0, 0.1) is 24.2 Å². The zero-order chi connectivity index (χ0) is 18.1. The van der Waals surface area contributed by atoms with Gasteiger partial charge in [0.2, 0.25) is 0 Å². The molecule has 2 aliphatic rings. The van der Waals surface area contributed by atoms with Gasteiger partial charge in [0.15, 0.2) is 5.78 Å². The number of fused-ring (bicyclic) bond motifs is 1. The highest BCUT2D eigenvalue weighted by molar-refractivity contribution is 6.02. The van der Waals surface area contributed by atoms with Crippen LogP contribution in [0.15, 0.2) is 30.3 Å². The Balaban J connectivity index is 1.59. The summed E-state index contributed by atoms with van der Waals surface area (Å²) in [6.07, 6.45) is 6.50. The smallest absolute Gasteiger partial charge is 0.167 e. The maximum Gasteiger partial charge on any atom is 0.167 e. The first kappa shape index (κ1) is 17.2. The summed E-state index contributed by atoms with van der Waals surface area (Å²) in [7, 11) is 0. The zero-order valence-corrected chi connectivity index (χ0v) is 15.5. The van der Waals surface area contributed by atoms with Crippen molar-refractivity contribution in [1.82, 2.24) is 4.90 Å². The molecule has 0 aromatic heterocycles. The van der Waals surface area contributed by atoms with Crippen LogP contribution in [0.2, 0.25) is 0 Å². The lowest BCUT2D eigenvalue weighted by atomic mass is 9.84. The number of carbonyl (C=O) groups excluding carboxylic acids is 1. The second-order valence-electron chi connectivity index (χ2n) is 7.91. The first-order chi connectivity index (χ1) is 12.7. The van der Waals surface area contributed by atoms with E-state index >= 15 is 0 Å². The highest BCUT2D eigenvalue weighted by Crippen LogP contribution is 2.31. The van der Waals surface area contributed by atoms with Crippen LogP contribution in [0.25, 0.3) is 10.8 Å². The number of hydrogen-bond acceptors (Lipinski definition) is 3. The molecule has 0 bridgehead atoms. The molecular weight excluding hydrogens is 320 g/mol. The zero-order valence-electron chi connectivity index (χ0n) is 15.5. The maximum atomic E-state index is 13.1. The molecular formula is C23H26N2O. The van der Waals surface area contributed by atoms with Gasteiger partial charge in [0.1, 0.15) is 0 Å². The SMILES string of the molecule is Cc1ccc2cc(C(=O)C3CCCN(C4CCC4)C3)ccc2c1CC#N. The van der Waals surface area contributed by atoms with E-state index in [-0.39, 0.29) is 5.92 Å². The lowest BCUT2D eigenvalue weighted by Gasteiger charge is -2.42. The van der Waals surface area contributed by atoms with Gasteiger partial charge in [0.05, 0.1) is 12.5 Å². The number of nitriles is 1. The Kier molecular flexibility index (Phi) is 4.78. The Bertz CT molecular complexity index is 876. The predicted molar refractivity (Wildman–Crippen MR) is 104 cm³/mol. The summed E-state index contributed by atoms with van der Waals surface area (Å²) in [5.74, 6) is 0.421. The number of likely N-dealkylation sites (tertiary alicyclic amines) is 1. The topological polar surface area (TPSA) is 44.1 Å². The van der Waals surface area contributed by atoms with Gasteiger partial charge in [-0.1, -0.05) is 30.7 Å². The van der Waals surface area contributed by atoms with Crippen LogP contribution >= 0.6 is 0 Å². The molecule has 0 radical (unpaired) electrons. The summed E-state index contributed by atoms with van der Waals surface area (Å²) in [4.78, 5) is 15.7. The van der Waals surface area contributed by atoms with Crippen molar-refractivity contribution in [3.63, 3.8) is 0 Å². The second-order valence-corrected chi connectivity index (χ2v) is 7.91. The third-order valence-corrected chi connectivity index (χ3v) is 6.32. The van der Waals surface area contributed by atoms with E-state index in [0.717, 1.165) is 59.4 Å². The largest absolute Gasteiger partial charge is 0.300 e. The van der Waals surface area contributed by atoms with Crippen LogP contribution in [0.1, 0.15) is 53.6 Å². The number of piperidine rings is 1. The Morgan fingerprint density at radius 1 is 1.19 bits per heavy atom. The molecule has 0 spiro atoms. The normalized spacial score (nSPS) is 21.3. The number of rotatable bonds is 4. The van der Waals surface area contributed by atoms with Gasteiger partial charge in [-0.25, -0.2) is 0 Å². The summed E-state index contributed by atoms with van der Waals surface area (Å²) in [6, 6.07) is 13.1. The molecule has 2 fully saturated rings. The quantitative estimate of drug-likeness (QED) is 0.756. The fourth-order valence-electron chi connectivity index (χ4n) is 4.51. The van der Waals surface area contributed by atoms with Crippen molar-refractivity contribution < 1.29 is 4.79 Å². The third kappa shape index (κ3) is 3.15. The van der Waals surface area contributed by atoms with Gasteiger partial charge in [-0.3, -0.25) is 9.69 Å². The Hall–Kier alpha value is -2.18. The van der Waals surface area contributed by atoms with Gasteiger partial charge in [-0.15, -0.1) is 0 Å². The van der Waals surface area contributed by atoms with E-state index in [1.54, 1.807) is 0 Å². The summed E-state index contributed by atoms with van der Waals surface area (Å²) in [5.41, 5.74) is 3.05. The minimum Gasteiger partial charge on any atom is -0.300 e. The molecule has 2 aromatic carbocycles. The lowest BCUT2D eigenvalue weighted by Crippen LogP contribution is -2.47. The summed E-state index contributed by atoms with van der Waals surface area (Å²) in [5, 5.41) is 11.3. The van der Waals surface area contributed by atoms with Gasteiger partial charge in [-0.2, -0.15) is 5.26 Å². The molecule has 3 nitrogen and oxygen atoms in total. The van der Waals surface area contributed by atoms with E-state index in [1.165, 1.54) is 19.3 Å².